The second kappa shape index (κ2) is 10.9. The van der Waals surface area contributed by atoms with Crippen LogP contribution in [0.1, 0.15) is 38.3 Å². The predicted octanol–water partition coefficient (Wildman–Crippen LogP) is 3.38. The summed E-state index contributed by atoms with van der Waals surface area (Å²) in [4.78, 5) is 2.53. The summed E-state index contributed by atoms with van der Waals surface area (Å²) < 4.78 is 5.51. The summed E-state index contributed by atoms with van der Waals surface area (Å²) in [5, 5.41) is 13.2. The first kappa shape index (κ1) is 21.3. The van der Waals surface area contributed by atoms with Crippen molar-refractivity contribution >= 4 is 24.8 Å². The van der Waals surface area contributed by atoms with E-state index in [-0.39, 0.29) is 30.6 Å². The highest BCUT2D eigenvalue weighted by atomic mass is 35.5. The number of hydrogen-bond acceptors (Lipinski definition) is 4. The van der Waals surface area contributed by atoms with Gasteiger partial charge in [0.05, 0.1) is 6.61 Å². The molecule has 0 unspecified atom stereocenters. The van der Waals surface area contributed by atoms with Crippen molar-refractivity contribution in [3.63, 3.8) is 0 Å². The molecule has 0 aliphatic carbocycles. The molecule has 0 amide bonds. The normalized spacial score (nSPS) is 16.3. The molecule has 22 heavy (non-hydrogen) atoms. The molecule has 0 aromatic heterocycles. The van der Waals surface area contributed by atoms with Gasteiger partial charge in [-0.1, -0.05) is 19.4 Å². The van der Waals surface area contributed by atoms with E-state index in [0.29, 0.717) is 18.4 Å². The average Bonchev–Trinajstić information content (AvgIpc) is 2.48. The van der Waals surface area contributed by atoms with Crippen LogP contribution in [-0.4, -0.2) is 42.8 Å². The Morgan fingerprint density at radius 1 is 1.23 bits per heavy atom. The summed E-state index contributed by atoms with van der Waals surface area (Å²) in [5.41, 5.74) is 1.25. The minimum absolute atomic E-state index is 0. The fourth-order valence-electron chi connectivity index (χ4n) is 2.84. The molecule has 0 bridgehead atoms. The first-order valence-electron chi connectivity index (χ1n) is 7.66. The van der Waals surface area contributed by atoms with Gasteiger partial charge in [0.1, 0.15) is 0 Å². The van der Waals surface area contributed by atoms with Crippen LogP contribution >= 0.6 is 24.8 Å². The Kier molecular flexibility index (Phi) is 10.6. The van der Waals surface area contributed by atoms with E-state index in [4.69, 9.17) is 4.74 Å². The molecule has 0 radical (unpaired) electrons. The second-order valence-corrected chi connectivity index (χ2v) is 5.25. The van der Waals surface area contributed by atoms with Crippen LogP contribution in [0, 0.1) is 0 Å². The summed E-state index contributed by atoms with van der Waals surface area (Å²) in [7, 11) is 0. The number of phenolic OH excluding ortho intramolecular Hbond substituents is 1. The smallest absolute Gasteiger partial charge is 0.161 e. The van der Waals surface area contributed by atoms with E-state index in [1.807, 2.05) is 19.1 Å². The minimum Gasteiger partial charge on any atom is -0.504 e. The van der Waals surface area contributed by atoms with Gasteiger partial charge in [0, 0.05) is 32.2 Å². The summed E-state index contributed by atoms with van der Waals surface area (Å²) >= 11 is 0. The maximum Gasteiger partial charge on any atom is 0.161 e. The zero-order valence-corrected chi connectivity index (χ0v) is 15.0. The summed E-state index contributed by atoms with van der Waals surface area (Å²) in [6, 6.07) is 6.20. The molecule has 1 aliphatic rings. The van der Waals surface area contributed by atoms with Gasteiger partial charge in [-0.15, -0.1) is 24.8 Å². The van der Waals surface area contributed by atoms with Gasteiger partial charge in [-0.2, -0.15) is 0 Å². The molecule has 1 heterocycles. The molecular weight excluding hydrogens is 323 g/mol. The molecule has 2 N–H and O–H groups in total. The van der Waals surface area contributed by atoms with Gasteiger partial charge in [-0.25, -0.2) is 0 Å². The molecule has 1 aliphatic heterocycles. The standard InChI is InChI=1S/C16H26N2O2.2ClH/c1-3-5-14(18-10-8-17-9-11-18)13-6-7-15(19)16(12-13)20-4-2;;/h6-7,12,14,17,19H,3-5,8-11H2,1-2H3;2*1H/t14-;;/m0../s1. The highest BCUT2D eigenvalue weighted by Crippen LogP contribution is 2.33. The van der Waals surface area contributed by atoms with Crippen LogP contribution in [0.3, 0.4) is 0 Å². The topological polar surface area (TPSA) is 44.7 Å². The fourth-order valence-corrected chi connectivity index (χ4v) is 2.84. The van der Waals surface area contributed by atoms with E-state index in [2.05, 4.69) is 17.1 Å². The first-order chi connectivity index (χ1) is 9.76. The van der Waals surface area contributed by atoms with Crippen molar-refractivity contribution < 1.29 is 9.84 Å². The van der Waals surface area contributed by atoms with E-state index in [1.54, 1.807) is 6.07 Å². The number of rotatable bonds is 6. The largest absolute Gasteiger partial charge is 0.504 e. The Morgan fingerprint density at radius 2 is 1.91 bits per heavy atom. The lowest BCUT2D eigenvalue weighted by molar-refractivity contribution is 0.164. The van der Waals surface area contributed by atoms with Crippen molar-refractivity contribution in [1.29, 1.82) is 0 Å². The van der Waals surface area contributed by atoms with E-state index < -0.39 is 0 Å². The lowest BCUT2D eigenvalue weighted by atomic mass is 9.99. The lowest BCUT2D eigenvalue weighted by Crippen LogP contribution is -2.45. The van der Waals surface area contributed by atoms with Crippen molar-refractivity contribution in [2.45, 2.75) is 32.7 Å². The van der Waals surface area contributed by atoms with Crippen molar-refractivity contribution in [1.82, 2.24) is 10.2 Å². The first-order valence-corrected chi connectivity index (χ1v) is 7.66. The molecule has 1 fully saturated rings. The van der Waals surface area contributed by atoms with Crippen LogP contribution in [-0.2, 0) is 0 Å². The maximum absolute atomic E-state index is 9.84. The van der Waals surface area contributed by atoms with Crippen molar-refractivity contribution in [3.05, 3.63) is 23.8 Å². The van der Waals surface area contributed by atoms with Crippen LogP contribution in [0.5, 0.6) is 11.5 Å². The highest BCUT2D eigenvalue weighted by Gasteiger charge is 2.22. The third-order valence-corrected chi connectivity index (χ3v) is 3.82. The summed E-state index contributed by atoms with van der Waals surface area (Å²) in [6.07, 6.45) is 2.29. The Labute approximate surface area is 146 Å². The van der Waals surface area contributed by atoms with Gasteiger partial charge in [0.15, 0.2) is 11.5 Å². The van der Waals surface area contributed by atoms with Crippen LogP contribution in [0.25, 0.3) is 0 Å². The zero-order valence-electron chi connectivity index (χ0n) is 13.4. The van der Waals surface area contributed by atoms with E-state index >= 15 is 0 Å². The number of aromatic hydroxyl groups is 1. The molecule has 0 spiro atoms. The van der Waals surface area contributed by atoms with Crippen molar-refractivity contribution in [2.75, 3.05) is 32.8 Å². The SMILES string of the molecule is CCC[C@@H](c1ccc(O)c(OCC)c1)N1CCNCC1.Cl.Cl. The maximum atomic E-state index is 9.84. The molecular formula is C16H28Cl2N2O2. The van der Waals surface area contributed by atoms with Gasteiger partial charge < -0.3 is 15.2 Å². The number of nitrogens with zero attached hydrogens (tertiary/aromatic N) is 1. The molecule has 1 aromatic carbocycles. The summed E-state index contributed by atoms with van der Waals surface area (Å²) in [5.74, 6) is 0.826. The third kappa shape index (κ3) is 5.51. The van der Waals surface area contributed by atoms with Gasteiger partial charge in [0.2, 0.25) is 0 Å². The highest BCUT2D eigenvalue weighted by molar-refractivity contribution is 5.85. The molecule has 128 valence electrons. The number of benzene rings is 1. The molecule has 1 aromatic rings. The van der Waals surface area contributed by atoms with Crippen LogP contribution in [0.2, 0.25) is 0 Å². The molecule has 2 rings (SSSR count). The predicted molar refractivity (Wildman–Crippen MR) is 95.9 cm³/mol. The molecule has 1 atom stereocenters. The number of phenols is 1. The molecule has 6 heteroatoms. The lowest BCUT2D eigenvalue weighted by Gasteiger charge is -2.35. The Hall–Kier alpha value is -0.680. The Balaban J connectivity index is 0.00000220. The van der Waals surface area contributed by atoms with Gasteiger partial charge in [-0.3, -0.25) is 4.90 Å². The number of hydrogen-bond donors (Lipinski definition) is 2. The fraction of sp³-hybridized carbons (Fsp3) is 0.625. The van der Waals surface area contributed by atoms with Gasteiger partial charge in [-0.05, 0) is 31.0 Å². The quantitative estimate of drug-likeness (QED) is 0.825. The van der Waals surface area contributed by atoms with Crippen LogP contribution in [0.4, 0.5) is 0 Å². The van der Waals surface area contributed by atoms with E-state index in [0.717, 1.165) is 39.0 Å². The monoisotopic (exact) mass is 350 g/mol. The second-order valence-electron chi connectivity index (χ2n) is 5.25. The average molecular weight is 351 g/mol. The van der Waals surface area contributed by atoms with E-state index in [1.165, 1.54) is 5.56 Å². The van der Waals surface area contributed by atoms with Gasteiger partial charge in [0.25, 0.3) is 0 Å². The number of ether oxygens (including phenoxy) is 1. The van der Waals surface area contributed by atoms with Gasteiger partial charge >= 0.3 is 0 Å². The molecule has 0 saturated carbocycles. The Morgan fingerprint density at radius 3 is 2.50 bits per heavy atom. The number of halogens is 2. The van der Waals surface area contributed by atoms with Crippen LogP contribution < -0.4 is 10.1 Å². The minimum atomic E-state index is 0. The summed E-state index contributed by atoms with van der Waals surface area (Å²) in [6.45, 7) is 8.99. The zero-order chi connectivity index (χ0) is 14.4. The van der Waals surface area contributed by atoms with E-state index in [9.17, 15) is 5.11 Å². The molecule has 1 saturated heterocycles. The Bertz CT molecular complexity index is 427. The van der Waals surface area contributed by atoms with Crippen molar-refractivity contribution in [2.24, 2.45) is 0 Å². The number of nitrogens with one attached hydrogen (secondary N) is 1. The third-order valence-electron chi connectivity index (χ3n) is 3.82. The van der Waals surface area contributed by atoms with Crippen molar-refractivity contribution in [3.8, 4) is 11.5 Å². The molecule has 4 nitrogen and oxygen atoms in total. The number of piperazine rings is 1. The van der Waals surface area contributed by atoms with Crippen LogP contribution in [0.15, 0.2) is 18.2 Å².